The van der Waals surface area contributed by atoms with Crippen molar-refractivity contribution >= 4 is 27.4 Å². The number of anilines is 2. The quantitative estimate of drug-likeness (QED) is 0.878. The minimum atomic E-state index is -0.264. The lowest BCUT2D eigenvalue weighted by Crippen LogP contribution is -2.44. The molecule has 1 fully saturated rings. The van der Waals surface area contributed by atoms with Crippen LogP contribution in [0.25, 0.3) is 0 Å². The highest BCUT2D eigenvalue weighted by atomic mass is 79.9. The number of rotatable bonds is 2. The Bertz CT molecular complexity index is 399. The molecule has 94 valence electrons. The van der Waals surface area contributed by atoms with E-state index in [1.54, 1.807) is 6.20 Å². The van der Waals surface area contributed by atoms with Gasteiger partial charge in [0.05, 0.1) is 28.5 Å². The Hall–Kier alpha value is -0.810. The largest absolute Gasteiger partial charge is 0.397 e. The zero-order valence-corrected chi connectivity index (χ0v) is 11.5. The minimum absolute atomic E-state index is 0.149. The number of hydrogen-bond donors (Lipinski definition) is 2. The van der Waals surface area contributed by atoms with Crippen molar-refractivity contribution in [1.82, 2.24) is 4.98 Å². The molecule has 1 saturated carbocycles. The fourth-order valence-electron chi connectivity index (χ4n) is 2.41. The second kappa shape index (κ2) is 5.23. The zero-order valence-electron chi connectivity index (χ0n) is 9.93. The predicted octanol–water partition coefficient (Wildman–Crippen LogP) is 2.17. The highest BCUT2D eigenvalue weighted by Gasteiger charge is 2.28. The summed E-state index contributed by atoms with van der Waals surface area (Å²) in [5.41, 5.74) is 6.31. The van der Waals surface area contributed by atoms with E-state index in [1.165, 1.54) is 6.42 Å². The third kappa shape index (κ3) is 2.72. The van der Waals surface area contributed by atoms with Crippen molar-refractivity contribution in [3.63, 3.8) is 0 Å². The third-order valence-corrected chi connectivity index (χ3v) is 3.95. The van der Waals surface area contributed by atoms with Gasteiger partial charge in [-0.2, -0.15) is 0 Å². The molecule has 1 aromatic rings. The Balaban J connectivity index is 2.20. The summed E-state index contributed by atoms with van der Waals surface area (Å²) in [6.45, 7) is 0. The van der Waals surface area contributed by atoms with Crippen molar-refractivity contribution in [3.05, 3.63) is 16.7 Å². The molecule has 0 saturated heterocycles. The predicted molar refractivity (Wildman–Crippen MR) is 73.0 cm³/mol. The zero-order chi connectivity index (χ0) is 12.4. The van der Waals surface area contributed by atoms with E-state index in [4.69, 9.17) is 5.73 Å². The van der Waals surface area contributed by atoms with Gasteiger partial charge in [0.15, 0.2) is 0 Å². The van der Waals surface area contributed by atoms with Gasteiger partial charge in [-0.1, -0.05) is 12.8 Å². The van der Waals surface area contributed by atoms with Crippen LogP contribution in [0, 0.1) is 0 Å². The van der Waals surface area contributed by atoms with Crippen LogP contribution >= 0.6 is 15.9 Å². The number of pyridine rings is 1. The molecule has 5 heteroatoms. The number of nitrogens with zero attached hydrogens (tertiary/aromatic N) is 2. The Morgan fingerprint density at radius 2 is 2.18 bits per heavy atom. The number of aliphatic hydroxyl groups excluding tert-OH is 1. The van der Waals surface area contributed by atoms with Crippen molar-refractivity contribution in [2.75, 3.05) is 17.7 Å². The molecule has 3 N–H and O–H groups in total. The van der Waals surface area contributed by atoms with Crippen molar-refractivity contribution in [3.8, 4) is 0 Å². The lowest BCUT2D eigenvalue weighted by Gasteiger charge is -2.36. The summed E-state index contributed by atoms with van der Waals surface area (Å²) in [5.74, 6) is 0.838. The monoisotopic (exact) mass is 299 g/mol. The van der Waals surface area contributed by atoms with Crippen LogP contribution in [0.15, 0.2) is 16.7 Å². The Labute approximate surface area is 110 Å². The summed E-state index contributed by atoms with van der Waals surface area (Å²) in [6, 6.07) is 1.99. The summed E-state index contributed by atoms with van der Waals surface area (Å²) >= 11 is 3.47. The van der Waals surface area contributed by atoms with Crippen LogP contribution in [0.2, 0.25) is 0 Å². The SMILES string of the molecule is CN(c1ncc(N)cc1Br)C1CCCCC1O. The number of likely N-dealkylation sites (N-methyl/N-ethyl adjacent to an activating group) is 1. The van der Waals surface area contributed by atoms with Gasteiger partial charge in [0.25, 0.3) is 0 Å². The highest BCUT2D eigenvalue weighted by molar-refractivity contribution is 9.10. The van der Waals surface area contributed by atoms with E-state index >= 15 is 0 Å². The molecule has 2 rings (SSSR count). The summed E-state index contributed by atoms with van der Waals surface area (Å²) < 4.78 is 0.873. The summed E-state index contributed by atoms with van der Waals surface area (Å²) in [5, 5.41) is 10.0. The first kappa shape index (κ1) is 12.6. The van der Waals surface area contributed by atoms with Crippen molar-refractivity contribution in [2.24, 2.45) is 0 Å². The first-order valence-electron chi connectivity index (χ1n) is 5.91. The average Bonchev–Trinajstić information content (AvgIpc) is 2.29. The Morgan fingerprint density at radius 3 is 2.82 bits per heavy atom. The van der Waals surface area contributed by atoms with Crippen LogP contribution < -0.4 is 10.6 Å². The Morgan fingerprint density at radius 1 is 1.47 bits per heavy atom. The lowest BCUT2D eigenvalue weighted by atomic mass is 9.91. The van der Waals surface area contributed by atoms with E-state index in [-0.39, 0.29) is 12.1 Å². The molecule has 0 spiro atoms. The second-order valence-corrected chi connectivity index (χ2v) is 5.46. The van der Waals surface area contributed by atoms with Crippen molar-refractivity contribution in [1.29, 1.82) is 0 Å². The van der Waals surface area contributed by atoms with E-state index in [9.17, 15) is 5.11 Å². The molecular weight excluding hydrogens is 282 g/mol. The third-order valence-electron chi connectivity index (χ3n) is 3.37. The first-order valence-corrected chi connectivity index (χ1v) is 6.71. The van der Waals surface area contributed by atoms with E-state index in [0.29, 0.717) is 5.69 Å². The van der Waals surface area contributed by atoms with Crippen LogP contribution in [0.4, 0.5) is 11.5 Å². The molecular formula is C12H18BrN3O. The molecule has 1 heterocycles. The number of hydrogen-bond acceptors (Lipinski definition) is 4. The van der Waals surface area contributed by atoms with Crippen LogP contribution in [-0.2, 0) is 0 Å². The van der Waals surface area contributed by atoms with E-state index < -0.39 is 0 Å². The molecule has 0 aliphatic heterocycles. The normalized spacial score (nSPS) is 24.6. The van der Waals surface area contributed by atoms with Gasteiger partial charge in [-0.15, -0.1) is 0 Å². The van der Waals surface area contributed by atoms with Crippen molar-refractivity contribution < 1.29 is 5.11 Å². The molecule has 2 atom stereocenters. The van der Waals surface area contributed by atoms with Gasteiger partial charge in [0.1, 0.15) is 5.82 Å². The molecule has 1 aliphatic rings. The van der Waals surface area contributed by atoms with Gasteiger partial charge in [0, 0.05) is 7.05 Å². The van der Waals surface area contributed by atoms with Gasteiger partial charge >= 0.3 is 0 Å². The summed E-state index contributed by atoms with van der Waals surface area (Å²) in [6.07, 6.45) is 5.55. The molecule has 17 heavy (non-hydrogen) atoms. The number of nitrogen functional groups attached to an aromatic ring is 1. The maximum atomic E-state index is 10.0. The van der Waals surface area contributed by atoms with E-state index in [0.717, 1.165) is 29.6 Å². The maximum absolute atomic E-state index is 10.0. The fraction of sp³-hybridized carbons (Fsp3) is 0.583. The van der Waals surface area contributed by atoms with Crippen molar-refractivity contribution in [2.45, 2.75) is 37.8 Å². The van der Waals surface area contributed by atoms with Gasteiger partial charge < -0.3 is 15.7 Å². The summed E-state index contributed by atoms with van der Waals surface area (Å²) in [4.78, 5) is 6.38. The maximum Gasteiger partial charge on any atom is 0.143 e. The standard InChI is InChI=1S/C12H18BrN3O/c1-16(10-4-2-3-5-11(10)17)12-9(13)6-8(14)7-15-12/h6-7,10-11,17H,2-5,14H2,1H3. The number of aromatic nitrogens is 1. The van der Waals surface area contributed by atoms with Gasteiger partial charge in [-0.3, -0.25) is 0 Å². The first-order chi connectivity index (χ1) is 8.09. The van der Waals surface area contributed by atoms with Gasteiger partial charge in [-0.05, 0) is 34.8 Å². The molecule has 4 nitrogen and oxygen atoms in total. The van der Waals surface area contributed by atoms with E-state index in [2.05, 4.69) is 20.9 Å². The molecule has 2 unspecified atom stereocenters. The molecule has 1 aliphatic carbocycles. The van der Waals surface area contributed by atoms with Crippen LogP contribution in [0.3, 0.4) is 0 Å². The molecule has 1 aromatic heterocycles. The van der Waals surface area contributed by atoms with E-state index in [1.807, 2.05) is 18.0 Å². The van der Waals surface area contributed by atoms with Gasteiger partial charge in [0.2, 0.25) is 0 Å². The van der Waals surface area contributed by atoms with Crippen LogP contribution in [0.1, 0.15) is 25.7 Å². The minimum Gasteiger partial charge on any atom is -0.397 e. The molecule has 0 bridgehead atoms. The smallest absolute Gasteiger partial charge is 0.143 e. The average molecular weight is 300 g/mol. The second-order valence-electron chi connectivity index (χ2n) is 4.60. The fourth-order valence-corrected chi connectivity index (χ4v) is 3.05. The Kier molecular flexibility index (Phi) is 3.89. The highest BCUT2D eigenvalue weighted by Crippen LogP contribution is 2.30. The lowest BCUT2D eigenvalue weighted by molar-refractivity contribution is 0.106. The number of halogens is 1. The topological polar surface area (TPSA) is 62.4 Å². The molecule has 0 aromatic carbocycles. The summed E-state index contributed by atoms with van der Waals surface area (Å²) in [7, 11) is 1.97. The number of aliphatic hydroxyl groups is 1. The molecule has 0 amide bonds. The number of nitrogens with two attached hydrogens (primary N) is 1. The van der Waals surface area contributed by atoms with Crippen LogP contribution in [0.5, 0.6) is 0 Å². The van der Waals surface area contributed by atoms with Gasteiger partial charge in [-0.25, -0.2) is 4.98 Å². The molecule has 0 radical (unpaired) electrons. The van der Waals surface area contributed by atoms with Crippen LogP contribution in [-0.4, -0.2) is 29.3 Å².